The molecular formula is C9H8O2S2. The Hall–Kier alpha value is -0.870. The van der Waals surface area contributed by atoms with Gasteiger partial charge >= 0.3 is 0 Å². The number of phenols is 1. The van der Waals surface area contributed by atoms with E-state index >= 15 is 0 Å². The van der Waals surface area contributed by atoms with Crippen LogP contribution in [0.2, 0.25) is 0 Å². The highest BCUT2D eigenvalue weighted by Gasteiger charge is 2.07. The van der Waals surface area contributed by atoms with Gasteiger partial charge in [0.2, 0.25) is 0 Å². The Labute approximate surface area is 85.2 Å². The van der Waals surface area contributed by atoms with Gasteiger partial charge < -0.3 is 9.84 Å². The van der Waals surface area contributed by atoms with Crippen LogP contribution in [0.4, 0.5) is 0 Å². The highest BCUT2D eigenvalue weighted by Crippen LogP contribution is 2.38. The molecule has 4 heteroatoms. The van der Waals surface area contributed by atoms with Crippen molar-refractivity contribution in [2.75, 3.05) is 7.11 Å². The first kappa shape index (κ1) is 8.72. The molecule has 0 saturated heterocycles. The fraction of sp³-hybridized carbons (Fsp3) is 0.111. The third kappa shape index (κ3) is 1.36. The third-order valence-electron chi connectivity index (χ3n) is 1.84. The molecule has 0 aliphatic heterocycles. The van der Waals surface area contributed by atoms with Crippen molar-refractivity contribution in [1.29, 1.82) is 0 Å². The molecule has 0 radical (unpaired) electrons. The summed E-state index contributed by atoms with van der Waals surface area (Å²) in [6, 6.07) is 3.48. The Balaban J connectivity index is 2.79. The van der Waals surface area contributed by atoms with E-state index in [1.54, 1.807) is 24.5 Å². The summed E-state index contributed by atoms with van der Waals surface area (Å²) < 4.78 is 6.02. The lowest BCUT2D eigenvalue weighted by molar-refractivity contribution is 0.409. The number of hydrogen-bond acceptors (Lipinski definition) is 4. The molecule has 0 spiro atoms. The zero-order valence-electron chi connectivity index (χ0n) is 6.94. The molecule has 1 aromatic heterocycles. The average molecular weight is 212 g/mol. The van der Waals surface area contributed by atoms with Crippen LogP contribution >= 0.6 is 24.0 Å². The van der Waals surface area contributed by atoms with Crippen LogP contribution in [0.5, 0.6) is 11.5 Å². The molecule has 1 heterocycles. The number of rotatable bonds is 1. The van der Waals surface area contributed by atoms with Gasteiger partial charge in [0, 0.05) is 26.4 Å². The van der Waals surface area contributed by atoms with Crippen LogP contribution in [-0.4, -0.2) is 12.2 Å². The lowest BCUT2D eigenvalue weighted by Gasteiger charge is -2.01. The first-order valence-corrected chi connectivity index (χ1v) is 5.02. The molecule has 68 valence electrons. The minimum absolute atomic E-state index is 0.223. The van der Waals surface area contributed by atoms with E-state index in [4.69, 9.17) is 4.74 Å². The molecule has 1 N–H and O–H groups in total. The number of methoxy groups -OCH3 is 1. The lowest BCUT2D eigenvalue weighted by Crippen LogP contribution is -1.81. The molecule has 1 aromatic carbocycles. The lowest BCUT2D eigenvalue weighted by atomic mass is 10.2. The van der Waals surface area contributed by atoms with E-state index in [-0.39, 0.29) is 5.75 Å². The molecule has 0 aliphatic rings. The van der Waals surface area contributed by atoms with Gasteiger partial charge in [-0.25, -0.2) is 0 Å². The van der Waals surface area contributed by atoms with Gasteiger partial charge in [-0.2, -0.15) is 0 Å². The SMILES string of the molecule is COc1cc(O)c2c(S)csc2c1. The predicted molar refractivity (Wildman–Crippen MR) is 57.3 cm³/mol. The second-order valence-corrected chi connectivity index (χ2v) is 4.03. The first-order chi connectivity index (χ1) is 6.22. The molecule has 0 aliphatic carbocycles. The topological polar surface area (TPSA) is 29.5 Å². The maximum atomic E-state index is 9.63. The summed E-state index contributed by atoms with van der Waals surface area (Å²) in [5.74, 6) is 0.890. The number of ether oxygens (including phenoxy) is 1. The van der Waals surface area contributed by atoms with Crippen molar-refractivity contribution in [2.45, 2.75) is 4.90 Å². The van der Waals surface area contributed by atoms with Gasteiger partial charge in [0.1, 0.15) is 11.5 Å². The molecule has 2 aromatic rings. The fourth-order valence-corrected chi connectivity index (χ4v) is 2.56. The van der Waals surface area contributed by atoms with E-state index in [0.717, 1.165) is 15.0 Å². The van der Waals surface area contributed by atoms with Gasteiger partial charge in [-0.3, -0.25) is 0 Å². The zero-order chi connectivity index (χ0) is 9.42. The Morgan fingerprint density at radius 2 is 2.23 bits per heavy atom. The summed E-state index contributed by atoms with van der Waals surface area (Å²) in [6.07, 6.45) is 0. The molecule has 0 amide bonds. The van der Waals surface area contributed by atoms with Crippen molar-refractivity contribution >= 4 is 34.1 Å². The van der Waals surface area contributed by atoms with Crippen LogP contribution in [0.1, 0.15) is 0 Å². The van der Waals surface area contributed by atoms with Crippen molar-refractivity contribution in [3.63, 3.8) is 0 Å². The van der Waals surface area contributed by atoms with Gasteiger partial charge in [-0.05, 0) is 6.07 Å². The maximum Gasteiger partial charge on any atom is 0.129 e. The summed E-state index contributed by atoms with van der Waals surface area (Å²) in [5, 5.41) is 12.3. The van der Waals surface area contributed by atoms with Crippen molar-refractivity contribution in [3.05, 3.63) is 17.5 Å². The molecule has 0 bridgehead atoms. The van der Waals surface area contributed by atoms with Crippen molar-refractivity contribution in [3.8, 4) is 11.5 Å². The van der Waals surface area contributed by atoms with E-state index in [1.807, 2.05) is 11.4 Å². The van der Waals surface area contributed by atoms with Crippen LogP contribution in [0.25, 0.3) is 10.1 Å². The predicted octanol–water partition coefficient (Wildman–Crippen LogP) is 2.90. The number of hydrogen-bond donors (Lipinski definition) is 2. The van der Waals surface area contributed by atoms with Gasteiger partial charge in [0.25, 0.3) is 0 Å². The van der Waals surface area contributed by atoms with E-state index in [0.29, 0.717) is 5.75 Å². The number of aromatic hydroxyl groups is 1. The largest absolute Gasteiger partial charge is 0.507 e. The van der Waals surface area contributed by atoms with Gasteiger partial charge in [-0.15, -0.1) is 24.0 Å². The molecule has 0 fully saturated rings. The maximum absolute atomic E-state index is 9.63. The van der Waals surface area contributed by atoms with E-state index < -0.39 is 0 Å². The summed E-state index contributed by atoms with van der Waals surface area (Å²) in [5.41, 5.74) is 0. The highest BCUT2D eigenvalue weighted by molar-refractivity contribution is 7.80. The molecule has 13 heavy (non-hydrogen) atoms. The number of thiol groups is 1. The third-order valence-corrected chi connectivity index (χ3v) is 3.30. The van der Waals surface area contributed by atoms with E-state index in [9.17, 15) is 5.11 Å². The smallest absolute Gasteiger partial charge is 0.129 e. The van der Waals surface area contributed by atoms with Gasteiger partial charge in [0.05, 0.1) is 7.11 Å². The van der Waals surface area contributed by atoms with Crippen LogP contribution < -0.4 is 4.74 Å². The van der Waals surface area contributed by atoms with E-state index in [2.05, 4.69) is 12.6 Å². The fourth-order valence-electron chi connectivity index (χ4n) is 1.22. The minimum Gasteiger partial charge on any atom is -0.507 e. The number of phenolic OH excluding ortho intramolecular Hbond substituents is 1. The average Bonchev–Trinajstić information content (AvgIpc) is 2.48. The Morgan fingerprint density at radius 3 is 2.92 bits per heavy atom. The second kappa shape index (κ2) is 3.12. The highest BCUT2D eigenvalue weighted by atomic mass is 32.1. The first-order valence-electron chi connectivity index (χ1n) is 3.69. The summed E-state index contributed by atoms with van der Waals surface area (Å²) in [7, 11) is 1.58. The zero-order valence-corrected chi connectivity index (χ0v) is 8.65. The molecular weight excluding hydrogens is 204 g/mol. The number of fused-ring (bicyclic) bond motifs is 1. The van der Waals surface area contributed by atoms with Crippen LogP contribution in [0.15, 0.2) is 22.4 Å². The normalized spacial score (nSPS) is 10.6. The van der Waals surface area contributed by atoms with Gasteiger partial charge in [0.15, 0.2) is 0 Å². The second-order valence-electron chi connectivity index (χ2n) is 2.64. The van der Waals surface area contributed by atoms with E-state index in [1.165, 1.54) is 0 Å². The standard InChI is InChI=1S/C9H8O2S2/c1-11-5-2-6(10)9-7(12)4-13-8(9)3-5/h2-4,10,12H,1H3. The molecule has 0 atom stereocenters. The Bertz CT molecular complexity index is 448. The quantitative estimate of drug-likeness (QED) is 0.712. The molecule has 2 nitrogen and oxygen atoms in total. The number of thiophene rings is 1. The summed E-state index contributed by atoms with van der Waals surface area (Å²) >= 11 is 5.79. The molecule has 0 saturated carbocycles. The molecule has 2 rings (SSSR count). The summed E-state index contributed by atoms with van der Waals surface area (Å²) in [4.78, 5) is 0.806. The molecule has 0 unspecified atom stereocenters. The van der Waals surface area contributed by atoms with Crippen molar-refractivity contribution < 1.29 is 9.84 Å². The monoisotopic (exact) mass is 212 g/mol. The van der Waals surface area contributed by atoms with Crippen LogP contribution in [-0.2, 0) is 0 Å². The Kier molecular flexibility index (Phi) is 2.09. The van der Waals surface area contributed by atoms with Gasteiger partial charge in [-0.1, -0.05) is 0 Å². The number of benzene rings is 1. The van der Waals surface area contributed by atoms with Crippen LogP contribution in [0, 0.1) is 0 Å². The summed E-state index contributed by atoms with van der Waals surface area (Å²) in [6.45, 7) is 0. The minimum atomic E-state index is 0.223. The van der Waals surface area contributed by atoms with Crippen LogP contribution in [0.3, 0.4) is 0 Å². The Morgan fingerprint density at radius 1 is 1.46 bits per heavy atom. The van der Waals surface area contributed by atoms with Crippen molar-refractivity contribution in [2.24, 2.45) is 0 Å². The van der Waals surface area contributed by atoms with Crippen molar-refractivity contribution in [1.82, 2.24) is 0 Å².